The van der Waals surface area contributed by atoms with Gasteiger partial charge in [-0.3, -0.25) is 9.69 Å². The van der Waals surface area contributed by atoms with Gasteiger partial charge in [-0.05, 0) is 44.6 Å². The van der Waals surface area contributed by atoms with Crippen LogP contribution in [0, 0.1) is 5.92 Å². The predicted molar refractivity (Wildman–Crippen MR) is 104 cm³/mol. The van der Waals surface area contributed by atoms with Gasteiger partial charge in [-0.15, -0.1) is 0 Å². The van der Waals surface area contributed by atoms with Crippen LogP contribution in [0.4, 0.5) is 0 Å². The monoisotopic (exact) mass is 352 g/mol. The van der Waals surface area contributed by atoms with E-state index in [9.17, 15) is 4.79 Å². The van der Waals surface area contributed by atoms with Gasteiger partial charge < -0.3 is 9.64 Å². The number of hydrogen-bond acceptors (Lipinski definition) is 3. The third-order valence-corrected chi connectivity index (χ3v) is 6.22. The normalized spacial score (nSPS) is 22.3. The van der Waals surface area contributed by atoms with E-state index in [2.05, 4.69) is 30.6 Å². The molecule has 4 nitrogen and oxygen atoms in total. The third kappa shape index (κ3) is 6.56. The van der Waals surface area contributed by atoms with Gasteiger partial charge in [-0.25, -0.2) is 0 Å². The van der Waals surface area contributed by atoms with Crippen molar-refractivity contribution in [1.29, 1.82) is 0 Å². The number of carbonyl (C=O) groups excluding carboxylic acids is 1. The molecule has 0 aromatic rings. The van der Waals surface area contributed by atoms with Gasteiger partial charge in [0.2, 0.25) is 5.91 Å². The van der Waals surface area contributed by atoms with Gasteiger partial charge in [0.25, 0.3) is 0 Å². The second kappa shape index (κ2) is 10.5. The zero-order valence-corrected chi connectivity index (χ0v) is 16.9. The molecule has 0 aromatic carbocycles. The van der Waals surface area contributed by atoms with Crippen LogP contribution in [0.2, 0.25) is 0 Å². The summed E-state index contributed by atoms with van der Waals surface area (Å²) in [6.07, 6.45) is 10.0. The number of piperidine rings is 1. The highest BCUT2D eigenvalue weighted by Crippen LogP contribution is 2.30. The highest BCUT2D eigenvalue weighted by atomic mass is 16.5. The van der Waals surface area contributed by atoms with Crippen molar-refractivity contribution in [1.82, 2.24) is 9.80 Å². The maximum atomic E-state index is 12.3. The minimum atomic E-state index is 0.00875. The number of unbranched alkanes of at least 4 members (excludes halogenated alkanes) is 2. The Labute approximate surface area is 155 Å². The SMILES string of the molecule is CCCCCC(=O)N1CCC2(CC1)CN(CCCC(C)CC)CCO2. The Kier molecular flexibility index (Phi) is 8.71. The summed E-state index contributed by atoms with van der Waals surface area (Å²) in [7, 11) is 0. The summed E-state index contributed by atoms with van der Waals surface area (Å²) in [5, 5.41) is 0. The van der Waals surface area contributed by atoms with Gasteiger partial charge in [-0.2, -0.15) is 0 Å². The standard InChI is InChI=1S/C21H40N2O2/c1-4-6-7-10-20(24)23-14-11-21(12-15-23)18-22(16-17-25-21)13-8-9-19(3)5-2/h19H,4-18H2,1-3H3. The van der Waals surface area contributed by atoms with Gasteiger partial charge >= 0.3 is 0 Å². The molecule has 0 aliphatic carbocycles. The van der Waals surface area contributed by atoms with Gasteiger partial charge in [0, 0.05) is 32.6 Å². The molecular formula is C21H40N2O2. The Morgan fingerprint density at radius 1 is 1.12 bits per heavy atom. The molecule has 2 aliphatic heterocycles. The molecule has 1 atom stereocenters. The third-order valence-electron chi connectivity index (χ3n) is 6.22. The Bertz CT molecular complexity index is 391. The maximum Gasteiger partial charge on any atom is 0.222 e. The predicted octanol–water partition coefficient (Wildman–Crippen LogP) is 4.09. The van der Waals surface area contributed by atoms with Crippen LogP contribution < -0.4 is 0 Å². The molecule has 0 N–H and O–H groups in total. The second-order valence-corrected chi connectivity index (χ2v) is 8.30. The Morgan fingerprint density at radius 2 is 1.88 bits per heavy atom. The Balaban J connectivity index is 1.72. The summed E-state index contributed by atoms with van der Waals surface area (Å²) in [4.78, 5) is 17.0. The van der Waals surface area contributed by atoms with Crippen molar-refractivity contribution in [2.45, 2.75) is 84.2 Å². The van der Waals surface area contributed by atoms with E-state index in [0.717, 1.165) is 70.8 Å². The second-order valence-electron chi connectivity index (χ2n) is 8.30. The fraction of sp³-hybridized carbons (Fsp3) is 0.952. The van der Waals surface area contributed by atoms with Crippen LogP contribution in [0.15, 0.2) is 0 Å². The van der Waals surface area contributed by atoms with Crippen LogP contribution in [0.5, 0.6) is 0 Å². The molecule has 0 saturated carbocycles. The molecule has 1 amide bonds. The van der Waals surface area contributed by atoms with Crippen LogP contribution in [0.1, 0.15) is 78.6 Å². The van der Waals surface area contributed by atoms with Crippen molar-refractivity contribution in [2.75, 3.05) is 39.3 Å². The molecule has 2 aliphatic rings. The van der Waals surface area contributed by atoms with Gasteiger partial charge in [0.1, 0.15) is 0 Å². The van der Waals surface area contributed by atoms with Crippen LogP contribution in [0.3, 0.4) is 0 Å². The first kappa shape index (κ1) is 20.7. The van der Waals surface area contributed by atoms with E-state index in [1.165, 1.54) is 32.2 Å². The van der Waals surface area contributed by atoms with Crippen LogP contribution in [-0.2, 0) is 9.53 Å². The fourth-order valence-corrected chi connectivity index (χ4v) is 4.13. The number of ether oxygens (including phenoxy) is 1. The van der Waals surface area contributed by atoms with Gasteiger partial charge in [-0.1, -0.05) is 40.0 Å². The minimum Gasteiger partial charge on any atom is -0.372 e. The lowest BCUT2D eigenvalue weighted by Crippen LogP contribution is -2.57. The molecule has 4 heteroatoms. The molecule has 25 heavy (non-hydrogen) atoms. The van der Waals surface area contributed by atoms with Crippen LogP contribution in [0.25, 0.3) is 0 Å². The first-order chi connectivity index (χ1) is 12.1. The van der Waals surface area contributed by atoms with E-state index in [4.69, 9.17) is 4.74 Å². The van der Waals surface area contributed by atoms with Crippen molar-refractivity contribution in [3.05, 3.63) is 0 Å². The lowest BCUT2D eigenvalue weighted by molar-refractivity contribution is -0.150. The molecule has 2 fully saturated rings. The fourth-order valence-electron chi connectivity index (χ4n) is 4.13. The van der Waals surface area contributed by atoms with E-state index >= 15 is 0 Å². The van der Waals surface area contributed by atoms with Gasteiger partial charge in [0.05, 0.1) is 12.2 Å². The summed E-state index contributed by atoms with van der Waals surface area (Å²) in [6, 6.07) is 0. The summed E-state index contributed by atoms with van der Waals surface area (Å²) in [5.74, 6) is 1.20. The largest absolute Gasteiger partial charge is 0.372 e. The average molecular weight is 353 g/mol. The van der Waals surface area contributed by atoms with Crippen molar-refractivity contribution in [2.24, 2.45) is 5.92 Å². The molecule has 0 radical (unpaired) electrons. The average Bonchev–Trinajstić information content (AvgIpc) is 2.62. The number of amides is 1. The first-order valence-electron chi connectivity index (χ1n) is 10.7. The van der Waals surface area contributed by atoms with E-state index in [-0.39, 0.29) is 5.60 Å². The zero-order chi connectivity index (χ0) is 18.1. The molecule has 1 unspecified atom stereocenters. The van der Waals surface area contributed by atoms with Crippen LogP contribution >= 0.6 is 0 Å². The van der Waals surface area contributed by atoms with E-state index in [1.807, 2.05) is 0 Å². The van der Waals surface area contributed by atoms with E-state index in [1.54, 1.807) is 0 Å². The summed E-state index contributed by atoms with van der Waals surface area (Å²) < 4.78 is 6.23. The molecular weight excluding hydrogens is 312 g/mol. The molecule has 0 aromatic heterocycles. The van der Waals surface area contributed by atoms with Crippen molar-refractivity contribution in [3.63, 3.8) is 0 Å². The smallest absolute Gasteiger partial charge is 0.222 e. The minimum absolute atomic E-state index is 0.00875. The quantitative estimate of drug-likeness (QED) is 0.586. The number of morpholine rings is 1. The van der Waals surface area contributed by atoms with E-state index in [0.29, 0.717) is 5.91 Å². The number of likely N-dealkylation sites (tertiary alicyclic amines) is 1. The molecule has 2 saturated heterocycles. The lowest BCUT2D eigenvalue weighted by atomic mass is 9.89. The topological polar surface area (TPSA) is 32.8 Å². The number of nitrogens with zero attached hydrogens (tertiary/aromatic N) is 2. The zero-order valence-electron chi connectivity index (χ0n) is 16.9. The van der Waals surface area contributed by atoms with Gasteiger partial charge in [0.15, 0.2) is 0 Å². The molecule has 2 rings (SSSR count). The summed E-state index contributed by atoms with van der Waals surface area (Å²) in [6.45, 7) is 12.8. The van der Waals surface area contributed by atoms with Crippen molar-refractivity contribution in [3.8, 4) is 0 Å². The highest BCUT2D eigenvalue weighted by molar-refractivity contribution is 5.76. The molecule has 2 heterocycles. The van der Waals surface area contributed by atoms with Crippen LogP contribution in [-0.4, -0.2) is 60.6 Å². The lowest BCUT2D eigenvalue weighted by Gasteiger charge is -2.47. The summed E-state index contributed by atoms with van der Waals surface area (Å²) in [5.41, 5.74) is 0.00875. The maximum absolute atomic E-state index is 12.3. The number of hydrogen-bond donors (Lipinski definition) is 0. The summed E-state index contributed by atoms with van der Waals surface area (Å²) >= 11 is 0. The van der Waals surface area contributed by atoms with Crippen molar-refractivity contribution >= 4 is 5.91 Å². The molecule has 0 bridgehead atoms. The molecule has 1 spiro atoms. The number of carbonyl (C=O) groups is 1. The van der Waals surface area contributed by atoms with E-state index < -0.39 is 0 Å². The first-order valence-corrected chi connectivity index (χ1v) is 10.7. The molecule has 146 valence electrons. The van der Waals surface area contributed by atoms with Crippen molar-refractivity contribution < 1.29 is 9.53 Å². The number of rotatable bonds is 9. The highest BCUT2D eigenvalue weighted by Gasteiger charge is 2.40. The Hall–Kier alpha value is -0.610. The Morgan fingerprint density at radius 3 is 2.56 bits per heavy atom.